The minimum Gasteiger partial charge on any atom is -0.466 e. The van der Waals surface area contributed by atoms with Gasteiger partial charge >= 0.3 is 11.9 Å². The maximum absolute atomic E-state index is 13.1. The minimum absolute atomic E-state index is 0.0132. The molecule has 0 aromatic heterocycles. The van der Waals surface area contributed by atoms with Crippen molar-refractivity contribution in [1.29, 1.82) is 0 Å². The standard InChI is InChI=1S/C20H26N2O7S/c1-14-7-8-15(30(25,26)21-9-5-4-6-10-21)11-17(14)22-13-29-12-16(19(23)27-2)18(22)20(24)28-3/h7-8,11H,4-6,9-10,12-13H2,1-3H3. The highest BCUT2D eigenvalue weighted by atomic mass is 32.2. The molecule has 1 saturated heterocycles. The zero-order valence-electron chi connectivity index (χ0n) is 17.3. The third kappa shape index (κ3) is 4.21. The molecule has 0 atom stereocenters. The van der Waals surface area contributed by atoms with Gasteiger partial charge in [-0.3, -0.25) is 0 Å². The number of nitrogens with zero attached hydrogens (tertiary/aromatic N) is 2. The number of hydrogen-bond donors (Lipinski definition) is 0. The number of piperidine rings is 1. The summed E-state index contributed by atoms with van der Waals surface area (Å²) < 4.78 is 42.9. The van der Waals surface area contributed by atoms with Crippen molar-refractivity contribution in [2.75, 3.05) is 45.5 Å². The summed E-state index contributed by atoms with van der Waals surface area (Å²) in [7, 11) is -1.26. The van der Waals surface area contributed by atoms with Crippen LogP contribution in [-0.4, -0.2) is 65.3 Å². The number of rotatable bonds is 5. The van der Waals surface area contributed by atoms with Crippen LogP contribution in [0.1, 0.15) is 24.8 Å². The number of benzene rings is 1. The SMILES string of the molecule is COC(=O)C1=C(C(=O)OC)N(c2cc(S(=O)(=O)N3CCCCC3)ccc2C)COC1. The lowest BCUT2D eigenvalue weighted by atomic mass is 10.1. The van der Waals surface area contributed by atoms with Crippen molar-refractivity contribution in [1.82, 2.24) is 4.31 Å². The summed E-state index contributed by atoms with van der Waals surface area (Å²) in [4.78, 5) is 26.3. The van der Waals surface area contributed by atoms with Gasteiger partial charge in [0.25, 0.3) is 0 Å². The Kier molecular flexibility index (Phi) is 6.79. The second kappa shape index (κ2) is 9.15. The Bertz CT molecular complexity index is 965. The largest absolute Gasteiger partial charge is 0.466 e. The third-order valence-corrected chi connectivity index (χ3v) is 7.15. The summed E-state index contributed by atoms with van der Waals surface area (Å²) in [5, 5.41) is 0. The molecule has 0 aliphatic carbocycles. The van der Waals surface area contributed by atoms with Gasteiger partial charge in [-0.1, -0.05) is 12.5 Å². The number of hydrogen-bond acceptors (Lipinski definition) is 8. The molecule has 0 radical (unpaired) electrons. The van der Waals surface area contributed by atoms with Crippen molar-refractivity contribution in [2.24, 2.45) is 0 Å². The fraction of sp³-hybridized carbons (Fsp3) is 0.500. The number of carbonyl (C=O) groups excluding carboxylic acids is 2. The van der Waals surface area contributed by atoms with Crippen LogP contribution in [0.5, 0.6) is 0 Å². The quantitative estimate of drug-likeness (QED) is 0.639. The maximum atomic E-state index is 13.1. The van der Waals surface area contributed by atoms with E-state index in [0.717, 1.165) is 19.3 Å². The molecule has 0 amide bonds. The highest BCUT2D eigenvalue weighted by molar-refractivity contribution is 7.89. The van der Waals surface area contributed by atoms with Crippen molar-refractivity contribution in [3.63, 3.8) is 0 Å². The number of esters is 2. The average Bonchev–Trinajstić information content (AvgIpc) is 2.78. The van der Waals surface area contributed by atoms with Crippen LogP contribution >= 0.6 is 0 Å². The molecule has 0 unspecified atom stereocenters. The van der Waals surface area contributed by atoms with Gasteiger partial charge in [-0.2, -0.15) is 4.31 Å². The molecule has 0 bridgehead atoms. The van der Waals surface area contributed by atoms with Crippen molar-refractivity contribution in [3.05, 3.63) is 35.0 Å². The molecule has 3 rings (SSSR count). The highest BCUT2D eigenvalue weighted by Gasteiger charge is 2.34. The van der Waals surface area contributed by atoms with Crippen molar-refractivity contribution in [3.8, 4) is 0 Å². The first-order chi connectivity index (χ1) is 14.3. The van der Waals surface area contributed by atoms with E-state index in [1.54, 1.807) is 19.1 Å². The summed E-state index contributed by atoms with van der Waals surface area (Å²) in [6.45, 7) is 2.60. The molecule has 10 heteroatoms. The van der Waals surface area contributed by atoms with Crippen molar-refractivity contribution in [2.45, 2.75) is 31.1 Å². The molecule has 2 aliphatic rings. The molecular formula is C20H26N2O7S. The second-order valence-corrected chi connectivity index (χ2v) is 9.07. The van der Waals surface area contributed by atoms with E-state index in [1.807, 2.05) is 0 Å². The fourth-order valence-corrected chi connectivity index (χ4v) is 5.17. The molecule has 1 aromatic carbocycles. The van der Waals surface area contributed by atoms with Crippen molar-refractivity contribution >= 4 is 27.6 Å². The van der Waals surface area contributed by atoms with E-state index in [-0.39, 0.29) is 29.5 Å². The lowest BCUT2D eigenvalue weighted by Gasteiger charge is -2.33. The highest BCUT2D eigenvalue weighted by Crippen LogP contribution is 2.32. The molecule has 0 N–H and O–H groups in total. The van der Waals surface area contributed by atoms with Crippen LogP contribution in [0.2, 0.25) is 0 Å². The molecule has 2 aliphatic heterocycles. The summed E-state index contributed by atoms with van der Waals surface area (Å²) >= 11 is 0. The Morgan fingerprint density at radius 1 is 1.03 bits per heavy atom. The van der Waals surface area contributed by atoms with Crippen LogP contribution in [-0.2, 0) is 33.8 Å². The van der Waals surface area contributed by atoms with Crippen LogP contribution in [0, 0.1) is 6.92 Å². The first-order valence-corrected chi connectivity index (χ1v) is 11.1. The molecule has 2 heterocycles. The van der Waals surface area contributed by atoms with E-state index in [0.29, 0.717) is 24.3 Å². The second-order valence-electron chi connectivity index (χ2n) is 7.13. The maximum Gasteiger partial charge on any atom is 0.355 e. The molecule has 30 heavy (non-hydrogen) atoms. The van der Waals surface area contributed by atoms with Gasteiger partial charge < -0.3 is 19.1 Å². The van der Waals surface area contributed by atoms with Gasteiger partial charge in [0.2, 0.25) is 10.0 Å². The summed E-state index contributed by atoms with van der Waals surface area (Å²) in [6.07, 6.45) is 2.67. The molecule has 1 fully saturated rings. The topological polar surface area (TPSA) is 102 Å². The Morgan fingerprint density at radius 2 is 1.70 bits per heavy atom. The van der Waals surface area contributed by atoms with Gasteiger partial charge in [0, 0.05) is 18.8 Å². The Morgan fingerprint density at radius 3 is 2.33 bits per heavy atom. The van der Waals surface area contributed by atoms with E-state index >= 15 is 0 Å². The van der Waals surface area contributed by atoms with E-state index in [9.17, 15) is 18.0 Å². The lowest BCUT2D eigenvalue weighted by Crippen LogP contribution is -2.39. The van der Waals surface area contributed by atoms with E-state index < -0.39 is 22.0 Å². The Hall–Kier alpha value is -2.43. The third-order valence-electron chi connectivity index (χ3n) is 5.26. The molecule has 164 valence electrons. The van der Waals surface area contributed by atoms with Crippen LogP contribution in [0.3, 0.4) is 0 Å². The van der Waals surface area contributed by atoms with Crippen molar-refractivity contribution < 1.29 is 32.2 Å². The first-order valence-electron chi connectivity index (χ1n) is 9.67. The van der Waals surface area contributed by atoms with Gasteiger partial charge in [0.1, 0.15) is 12.4 Å². The summed E-state index contributed by atoms with van der Waals surface area (Å²) in [5.74, 6) is -1.45. The van der Waals surface area contributed by atoms with E-state index in [1.165, 1.54) is 29.5 Å². The molecule has 1 aromatic rings. The van der Waals surface area contributed by atoms with E-state index in [4.69, 9.17) is 14.2 Å². The zero-order valence-corrected chi connectivity index (χ0v) is 18.2. The van der Waals surface area contributed by atoms with Crippen LogP contribution < -0.4 is 4.90 Å². The number of sulfonamides is 1. The molecular weight excluding hydrogens is 412 g/mol. The molecule has 0 spiro atoms. The number of methoxy groups -OCH3 is 2. The normalized spacial score (nSPS) is 18.3. The number of anilines is 1. The van der Waals surface area contributed by atoms with Crippen LogP contribution in [0.25, 0.3) is 0 Å². The average molecular weight is 439 g/mol. The van der Waals surface area contributed by atoms with Gasteiger partial charge in [-0.15, -0.1) is 0 Å². The summed E-state index contributed by atoms with van der Waals surface area (Å²) in [6, 6.07) is 4.73. The predicted molar refractivity (Wildman–Crippen MR) is 108 cm³/mol. The zero-order chi connectivity index (χ0) is 21.9. The first kappa shape index (κ1) is 22.3. The van der Waals surface area contributed by atoms with E-state index in [2.05, 4.69) is 0 Å². The summed E-state index contributed by atoms with van der Waals surface area (Å²) in [5.41, 5.74) is 1.14. The monoisotopic (exact) mass is 438 g/mol. The number of aryl methyl sites for hydroxylation is 1. The Labute approximate surface area is 176 Å². The number of carbonyl (C=O) groups is 2. The van der Waals surface area contributed by atoms with Crippen LogP contribution in [0.4, 0.5) is 5.69 Å². The molecule has 9 nitrogen and oxygen atoms in total. The van der Waals surface area contributed by atoms with Gasteiger partial charge in [0.15, 0.2) is 0 Å². The molecule has 0 saturated carbocycles. The van der Waals surface area contributed by atoms with Gasteiger partial charge in [-0.05, 0) is 37.5 Å². The lowest BCUT2D eigenvalue weighted by molar-refractivity contribution is -0.140. The minimum atomic E-state index is -3.68. The number of ether oxygens (including phenoxy) is 3. The van der Waals surface area contributed by atoms with Gasteiger partial charge in [0.05, 0.1) is 31.3 Å². The smallest absolute Gasteiger partial charge is 0.355 e. The Balaban J connectivity index is 2.09. The predicted octanol–water partition coefficient (Wildman–Crippen LogP) is 1.56. The van der Waals surface area contributed by atoms with Crippen LogP contribution in [0.15, 0.2) is 34.4 Å². The fourth-order valence-electron chi connectivity index (χ4n) is 3.63. The van der Waals surface area contributed by atoms with Gasteiger partial charge in [-0.25, -0.2) is 18.0 Å².